The number of piperazine rings is 1. The first kappa shape index (κ1) is 14.5. The molecule has 112 valence electrons. The Morgan fingerprint density at radius 3 is 2.52 bits per heavy atom. The fraction of sp³-hybridized carbons (Fsp3) is 0.533. The van der Waals surface area contributed by atoms with Gasteiger partial charge < -0.3 is 0 Å². The highest BCUT2D eigenvalue weighted by Gasteiger charge is 2.29. The third-order valence-corrected chi connectivity index (χ3v) is 6.23. The van der Waals surface area contributed by atoms with Gasteiger partial charge in [0.05, 0.1) is 17.5 Å². The third-order valence-electron chi connectivity index (χ3n) is 4.33. The summed E-state index contributed by atoms with van der Waals surface area (Å²) >= 11 is 0. The fourth-order valence-corrected chi connectivity index (χ4v) is 4.56. The van der Waals surface area contributed by atoms with Gasteiger partial charge in [0, 0.05) is 26.2 Å². The topological polar surface area (TPSA) is 64.4 Å². The van der Waals surface area contributed by atoms with E-state index in [-0.39, 0.29) is 0 Å². The van der Waals surface area contributed by atoms with Gasteiger partial charge in [0.1, 0.15) is 0 Å². The van der Waals surface area contributed by atoms with Crippen LogP contribution in [0.15, 0.2) is 23.1 Å². The number of fused-ring (bicyclic) bond motifs is 1. The van der Waals surface area contributed by atoms with Crippen molar-refractivity contribution in [1.82, 2.24) is 9.21 Å². The summed E-state index contributed by atoms with van der Waals surface area (Å²) in [5, 5.41) is 8.69. The number of hydrogen-bond donors (Lipinski definition) is 0. The predicted molar refractivity (Wildman–Crippen MR) is 79.3 cm³/mol. The minimum absolute atomic E-state index is 0.368. The van der Waals surface area contributed by atoms with Gasteiger partial charge in [-0.15, -0.1) is 0 Å². The van der Waals surface area contributed by atoms with Gasteiger partial charge in [-0.25, -0.2) is 8.42 Å². The van der Waals surface area contributed by atoms with E-state index >= 15 is 0 Å². The first-order chi connectivity index (χ1) is 10.1. The quantitative estimate of drug-likeness (QED) is 0.782. The maximum absolute atomic E-state index is 12.7. The average molecular weight is 305 g/mol. The van der Waals surface area contributed by atoms with Crippen LogP contribution in [-0.2, 0) is 22.9 Å². The van der Waals surface area contributed by atoms with Crippen LogP contribution in [0.1, 0.15) is 17.5 Å². The molecule has 0 radical (unpaired) electrons. The van der Waals surface area contributed by atoms with Crippen LogP contribution in [0.25, 0.3) is 0 Å². The first-order valence-corrected chi connectivity index (χ1v) is 8.76. The lowest BCUT2D eigenvalue weighted by molar-refractivity contribution is 0.206. The predicted octanol–water partition coefficient (Wildman–Crippen LogP) is 1.01. The summed E-state index contributed by atoms with van der Waals surface area (Å²) < 4.78 is 26.9. The highest BCUT2D eigenvalue weighted by molar-refractivity contribution is 7.89. The normalized spacial score (nSPS) is 20.1. The van der Waals surface area contributed by atoms with Crippen molar-refractivity contribution in [2.24, 2.45) is 0 Å². The van der Waals surface area contributed by atoms with Crippen LogP contribution in [0.4, 0.5) is 0 Å². The lowest BCUT2D eigenvalue weighted by Crippen LogP contribution is -2.48. The molecule has 3 rings (SSSR count). The molecule has 0 N–H and O–H groups in total. The van der Waals surface area contributed by atoms with E-state index in [9.17, 15) is 8.42 Å². The van der Waals surface area contributed by atoms with Crippen molar-refractivity contribution in [3.63, 3.8) is 0 Å². The maximum Gasteiger partial charge on any atom is 0.243 e. The Hall–Kier alpha value is -1.42. The molecule has 2 aliphatic rings. The third kappa shape index (κ3) is 2.82. The largest absolute Gasteiger partial charge is 0.288 e. The van der Waals surface area contributed by atoms with Crippen LogP contribution in [0.3, 0.4) is 0 Å². The zero-order valence-electron chi connectivity index (χ0n) is 12.0. The van der Waals surface area contributed by atoms with Crippen LogP contribution in [0.5, 0.6) is 0 Å². The smallest absolute Gasteiger partial charge is 0.243 e. The molecule has 21 heavy (non-hydrogen) atoms. The number of hydrogen-bond acceptors (Lipinski definition) is 4. The Bertz CT molecular complexity index is 671. The number of sulfonamides is 1. The average Bonchev–Trinajstić information content (AvgIpc) is 2.95. The molecule has 1 aromatic rings. The summed E-state index contributed by atoms with van der Waals surface area (Å²) in [6.07, 6.45) is 3.16. The van der Waals surface area contributed by atoms with E-state index in [0.29, 0.717) is 37.6 Å². The van der Waals surface area contributed by atoms with Gasteiger partial charge in [0.15, 0.2) is 0 Å². The molecule has 0 unspecified atom stereocenters. The highest BCUT2D eigenvalue weighted by Crippen LogP contribution is 2.26. The second-order valence-electron chi connectivity index (χ2n) is 5.62. The van der Waals surface area contributed by atoms with Crippen molar-refractivity contribution in [2.75, 3.05) is 32.7 Å². The lowest BCUT2D eigenvalue weighted by atomic mass is 10.1. The SMILES string of the molecule is N#CCN1CCN(S(=O)(=O)c2ccc3c(c2)CCC3)CC1. The molecular formula is C15H19N3O2S. The molecule has 1 aliphatic carbocycles. The number of aryl methyl sites for hydroxylation is 2. The second-order valence-corrected chi connectivity index (χ2v) is 7.56. The van der Waals surface area contributed by atoms with E-state index in [4.69, 9.17) is 5.26 Å². The summed E-state index contributed by atoms with van der Waals surface area (Å²) in [6, 6.07) is 7.65. The van der Waals surface area contributed by atoms with E-state index in [1.54, 1.807) is 6.07 Å². The first-order valence-electron chi connectivity index (χ1n) is 7.32. The van der Waals surface area contributed by atoms with Crippen LogP contribution in [-0.4, -0.2) is 50.3 Å². The number of benzene rings is 1. The molecule has 5 nitrogen and oxygen atoms in total. The summed E-state index contributed by atoms with van der Waals surface area (Å²) in [6.45, 7) is 2.53. The molecule has 1 fully saturated rings. The Balaban J connectivity index is 1.77. The molecule has 0 amide bonds. The lowest BCUT2D eigenvalue weighted by Gasteiger charge is -2.32. The molecule has 0 atom stereocenters. The fourth-order valence-electron chi connectivity index (χ4n) is 3.09. The van der Waals surface area contributed by atoms with Gasteiger partial charge in [-0.2, -0.15) is 9.57 Å². The Kier molecular flexibility index (Phi) is 3.98. The molecule has 6 heteroatoms. The standard InChI is InChI=1S/C15H19N3O2S/c16-6-7-17-8-10-18(11-9-17)21(19,20)15-5-4-13-2-1-3-14(13)12-15/h4-5,12H,1-3,7-11H2. The number of nitrogens with zero attached hydrogens (tertiary/aromatic N) is 3. The van der Waals surface area contributed by atoms with Crippen molar-refractivity contribution >= 4 is 10.0 Å². The van der Waals surface area contributed by atoms with Crippen molar-refractivity contribution in [3.8, 4) is 6.07 Å². The van der Waals surface area contributed by atoms with Gasteiger partial charge in [-0.3, -0.25) is 4.90 Å². The molecule has 1 aliphatic heterocycles. The molecule has 1 saturated heterocycles. The summed E-state index contributed by atoms with van der Waals surface area (Å²) in [7, 11) is -3.40. The molecule has 0 aromatic heterocycles. The summed E-state index contributed by atoms with van der Waals surface area (Å²) in [5.41, 5.74) is 2.46. The Morgan fingerprint density at radius 2 is 1.81 bits per heavy atom. The Labute approximate surface area is 125 Å². The highest BCUT2D eigenvalue weighted by atomic mass is 32.2. The van der Waals surface area contributed by atoms with E-state index in [0.717, 1.165) is 19.3 Å². The van der Waals surface area contributed by atoms with Gasteiger partial charge in [0.2, 0.25) is 10.0 Å². The van der Waals surface area contributed by atoms with Gasteiger partial charge >= 0.3 is 0 Å². The minimum atomic E-state index is -3.40. The zero-order chi connectivity index (χ0) is 14.9. The van der Waals surface area contributed by atoms with Crippen molar-refractivity contribution in [2.45, 2.75) is 24.2 Å². The number of rotatable bonds is 3. The number of nitriles is 1. The van der Waals surface area contributed by atoms with Crippen LogP contribution >= 0.6 is 0 Å². The van der Waals surface area contributed by atoms with E-state index in [2.05, 4.69) is 6.07 Å². The van der Waals surface area contributed by atoms with Crippen LogP contribution in [0.2, 0.25) is 0 Å². The van der Waals surface area contributed by atoms with Crippen LogP contribution < -0.4 is 0 Å². The molecule has 1 heterocycles. The maximum atomic E-state index is 12.7. The zero-order valence-corrected chi connectivity index (χ0v) is 12.8. The molecule has 0 saturated carbocycles. The monoisotopic (exact) mass is 305 g/mol. The van der Waals surface area contributed by atoms with Gasteiger partial charge in [-0.1, -0.05) is 6.07 Å². The van der Waals surface area contributed by atoms with E-state index < -0.39 is 10.0 Å². The van der Waals surface area contributed by atoms with Crippen molar-refractivity contribution in [1.29, 1.82) is 5.26 Å². The summed E-state index contributed by atoms with van der Waals surface area (Å²) in [5.74, 6) is 0. The molecule has 0 spiro atoms. The van der Waals surface area contributed by atoms with E-state index in [1.807, 2.05) is 17.0 Å². The van der Waals surface area contributed by atoms with Gasteiger partial charge in [-0.05, 0) is 42.5 Å². The van der Waals surface area contributed by atoms with Gasteiger partial charge in [0.25, 0.3) is 0 Å². The molecular weight excluding hydrogens is 286 g/mol. The second kappa shape index (κ2) is 5.76. The minimum Gasteiger partial charge on any atom is -0.288 e. The van der Waals surface area contributed by atoms with Crippen molar-refractivity contribution in [3.05, 3.63) is 29.3 Å². The molecule has 0 bridgehead atoms. The summed E-state index contributed by atoms with van der Waals surface area (Å²) in [4.78, 5) is 2.39. The Morgan fingerprint density at radius 1 is 1.10 bits per heavy atom. The van der Waals surface area contributed by atoms with Crippen LogP contribution in [0, 0.1) is 11.3 Å². The van der Waals surface area contributed by atoms with E-state index in [1.165, 1.54) is 15.4 Å². The molecule has 1 aromatic carbocycles. The van der Waals surface area contributed by atoms with Crippen molar-refractivity contribution < 1.29 is 8.42 Å².